The van der Waals surface area contributed by atoms with E-state index in [0.717, 1.165) is 38.4 Å². The maximum Gasteiger partial charge on any atom is 0.123 e. The Labute approximate surface area is 87.2 Å². The Hall–Kier alpha value is -1.11. The molecule has 14 heavy (non-hydrogen) atoms. The highest BCUT2D eigenvalue weighted by Crippen LogP contribution is 2.09. The fourth-order valence-electron chi connectivity index (χ4n) is 1.22. The lowest BCUT2D eigenvalue weighted by molar-refractivity contribution is -0.111. The van der Waals surface area contributed by atoms with Gasteiger partial charge in [0.2, 0.25) is 0 Å². The van der Waals surface area contributed by atoms with Gasteiger partial charge in [-0.05, 0) is 32.1 Å². The molecule has 0 aliphatic heterocycles. The second-order valence-corrected chi connectivity index (χ2v) is 3.34. The fourth-order valence-corrected chi connectivity index (χ4v) is 1.22. The molecule has 0 spiro atoms. The number of carbonyl (C=O) groups excluding carboxylic acids is 1. The average molecular weight is 192 g/mol. The zero-order chi connectivity index (χ0) is 10.6. The number of rotatable bonds is 9. The van der Waals surface area contributed by atoms with Crippen LogP contribution in [-0.4, -0.2) is 6.29 Å². The second-order valence-electron chi connectivity index (χ2n) is 3.34. The van der Waals surface area contributed by atoms with E-state index in [0.29, 0.717) is 0 Å². The second kappa shape index (κ2) is 9.97. The molecule has 0 radical (unpaired) electrons. The highest BCUT2D eigenvalue weighted by atomic mass is 16.1. The molecule has 0 fully saturated rings. The molecule has 0 aromatic heterocycles. The molecule has 0 aliphatic rings. The molecule has 1 heteroatoms. The maximum atomic E-state index is 10.6. The molecule has 0 saturated heterocycles. The number of unbranched alkanes of at least 4 members (excludes halogenated alkanes) is 1. The molecule has 0 aromatic rings. The third-order valence-electron chi connectivity index (χ3n) is 2.07. The normalized spacial score (nSPS) is 12.6. The van der Waals surface area contributed by atoms with Crippen molar-refractivity contribution in [2.45, 2.75) is 32.1 Å². The van der Waals surface area contributed by atoms with Crippen LogP contribution in [0.5, 0.6) is 0 Å². The smallest absolute Gasteiger partial charge is 0.123 e. The number of hydrogen-bond acceptors (Lipinski definition) is 1. The van der Waals surface area contributed by atoms with E-state index < -0.39 is 0 Å². The summed E-state index contributed by atoms with van der Waals surface area (Å²) in [4.78, 5) is 10.6. The molecule has 0 N–H and O–H groups in total. The molecular weight excluding hydrogens is 172 g/mol. The maximum absolute atomic E-state index is 10.6. The van der Waals surface area contributed by atoms with Gasteiger partial charge in [0.05, 0.1) is 0 Å². The number of hydrogen-bond donors (Lipinski definition) is 0. The summed E-state index contributed by atoms with van der Waals surface area (Å²) in [6, 6.07) is 0. The van der Waals surface area contributed by atoms with Crippen molar-refractivity contribution in [1.82, 2.24) is 0 Å². The predicted octanol–water partition coefficient (Wildman–Crippen LogP) is 3.68. The van der Waals surface area contributed by atoms with Crippen LogP contribution in [0.15, 0.2) is 37.5 Å². The summed E-state index contributed by atoms with van der Waals surface area (Å²) in [6.07, 6.45) is 13.8. The van der Waals surface area contributed by atoms with Crippen LogP contribution in [0.25, 0.3) is 0 Å². The molecule has 1 atom stereocenters. The Morgan fingerprint density at radius 1 is 1.00 bits per heavy atom. The van der Waals surface area contributed by atoms with Gasteiger partial charge in [-0.3, -0.25) is 0 Å². The minimum Gasteiger partial charge on any atom is -0.303 e. The largest absolute Gasteiger partial charge is 0.303 e. The SMILES string of the molecule is C=CCC/C=C/CCC(C=O)CC=C. The molecule has 0 aromatic carbocycles. The van der Waals surface area contributed by atoms with Crippen LogP contribution >= 0.6 is 0 Å². The Bertz CT molecular complexity index is 191. The van der Waals surface area contributed by atoms with Crippen LogP contribution < -0.4 is 0 Å². The highest BCUT2D eigenvalue weighted by molar-refractivity contribution is 5.53. The first-order chi connectivity index (χ1) is 6.85. The lowest BCUT2D eigenvalue weighted by Crippen LogP contribution is -1.99. The van der Waals surface area contributed by atoms with Crippen molar-refractivity contribution in [2.75, 3.05) is 0 Å². The zero-order valence-corrected chi connectivity index (χ0v) is 8.82. The van der Waals surface area contributed by atoms with Crippen LogP contribution in [0.1, 0.15) is 32.1 Å². The van der Waals surface area contributed by atoms with Crippen LogP contribution in [0.4, 0.5) is 0 Å². The van der Waals surface area contributed by atoms with Crippen molar-refractivity contribution in [2.24, 2.45) is 5.92 Å². The molecule has 78 valence electrons. The number of aldehydes is 1. The minimum atomic E-state index is 0.150. The van der Waals surface area contributed by atoms with E-state index in [1.54, 1.807) is 6.08 Å². The van der Waals surface area contributed by atoms with Crippen molar-refractivity contribution in [3.8, 4) is 0 Å². The molecule has 0 rings (SSSR count). The third kappa shape index (κ3) is 7.53. The monoisotopic (exact) mass is 192 g/mol. The van der Waals surface area contributed by atoms with E-state index in [9.17, 15) is 4.79 Å². The fraction of sp³-hybridized carbons (Fsp3) is 0.462. The molecule has 1 unspecified atom stereocenters. The van der Waals surface area contributed by atoms with E-state index in [-0.39, 0.29) is 5.92 Å². The van der Waals surface area contributed by atoms with Gasteiger partial charge in [0.15, 0.2) is 0 Å². The molecular formula is C13H20O. The van der Waals surface area contributed by atoms with Crippen LogP contribution in [0.2, 0.25) is 0 Å². The summed E-state index contributed by atoms with van der Waals surface area (Å²) in [6.45, 7) is 7.28. The summed E-state index contributed by atoms with van der Waals surface area (Å²) in [7, 11) is 0. The third-order valence-corrected chi connectivity index (χ3v) is 2.07. The van der Waals surface area contributed by atoms with Crippen LogP contribution in [0.3, 0.4) is 0 Å². The first-order valence-electron chi connectivity index (χ1n) is 5.17. The Kier molecular flexibility index (Phi) is 9.18. The summed E-state index contributed by atoms with van der Waals surface area (Å²) < 4.78 is 0. The van der Waals surface area contributed by atoms with Crippen molar-refractivity contribution in [1.29, 1.82) is 0 Å². The lowest BCUT2D eigenvalue weighted by Gasteiger charge is -2.03. The van der Waals surface area contributed by atoms with Crippen molar-refractivity contribution >= 4 is 6.29 Å². The molecule has 0 amide bonds. The standard InChI is InChI=1S/C13H20O/c1-3-5-6-7-8-9-11-13(12-14)10-4-2/h3-4,7-8,12-13H,1-2,5-6,9-11H2/b8-7+. The van der Waals surface area contributed by atoms with Gasteiger partial charge in [-0.1, -0.05) is 24.3 Å². The van der Waals surface area contributed by atoms with Crippen LogP contribution in [-0.2, 0) is 4.79 Å². The number of carbonyl (C=O) groups is 1. The Morgan fingerprint density at radius 2 is 1.71 bits per heavy atom. The summed E-state index contributed by atoms with van der Waals surface area (Å²) >= 11 is 0. The van der Waals surface area contributed by atoms with Gasteiger partial charge in [-0.15, -0.1) is 13.2 Å². The van der Waals surface area contributed by atoms with E-state index in [4.69, 9.17) is 0 Å². The Balaban J connectivity index is 3.49. The van der Waals surface area contributed by atoms with Gasteiger partial charge < -0.3 is 4.79 Å². The first kappa shape index (κ1) is 12.9. The molecule has 0 bridgehead atoms. The summed E-state index contributed by atoms with van der Waals surface area (Å²) in [5.74, 6) is 0.150. The van der Waals surface area contributed by atoms with Gasteiger partial charge in [-0.2, -0.15) is 0 Å². The molecule has 1 nitrogen and oxygen atoms in total. The number of allylic oxidation sites excluding steroid dienone is 4. The topological polar surface area (TPSA) is 17.1 Å². The van der Waals surface area contributed by atoms with Gasteiger partial charge in [0.25, 0.3) is 0 Å². The zero-order valence-electron chi connectivity index (χ0n) is 8.82. The van der Waals surface area contributed by atoms with Crippen molar-refractivity contribution in [3.05, 3.63) is 37.5 Å². The summed E-state index contributed by atoms with van der Waals surface area (Å²) in [5.41, 5.74) is 0. The van der Waals surface area contributed by atoms with E-state index in [2.05, 4.69) is 25.3 Å². The molecule has 0 saturated carbocycles. The van der Waals surface area contributed by atoms with E-state index >= 15 is 0 Å². The van der Waals surface area contributed by atoms with Crippen LogP contribution in [0, 0.1) is 5.92 Å². The first-order valence-corrected chi connectivity index (χ1v) is 5.17. The quantitative estimate of drug-likeness (QED) is 0.309. The van der Waals surface area contributed by atoms with Gasteiger partial charge in [0.1, 0.15) is 6.29 Å². The van der Waals surface area contributed by atoms with Gasteiger partial charge >= 0.3 is 0 Å². The Morgan fingerprint density at radius 3 is 2.29 bits per heavy atom. The van der Waals surface area contributed by atoms with E-state index in [1.165, 1.54) is 0 Å². The molecule has 0 aliphatic carbocycles. The van der Waals surface area contributed by atoms with Crippen molar-refractivity contribution in [3.63, 3.8) is 0 Å². The molecule has 0 heterocycles. The summed E-state index contributed by atoms with van der Waals surface area (Å²) in [5, 5.41) is 0. The van der Waals surface area contributed by atoms with E-state index in [1.807, 2.05) is 6.08 Å². The van der Waals surface area contributed by atoms with Crippen molar-refractivity contribution < 1.29 is 4.79 Å². The van der Waals surface area contributed by atoms with Gasteiger partial charge in [0, 0.05) is 5.92 Å². The minimum absolute atomic E-state index is 0.150. The highest BCUT2D eigenvalue weighted by Gasteiger charge is 2.02. The average Bonchev–Trinajstić information content (AvgIpc) is 2.21. The van der Waals surface area contributed by atoms with Gasteiger partial charge in [-0.25, -0.2) is 0 Å². The lowest BCUT2D eigenvalue weighted by atomic mass is 10.0. The predicted molar refractivity (Wildman–Crippen MR) is 62.2 cm³/mol.